The highest BCUT2D eigenvalue weighted by molar-refractivity contribution is 6.08. The first-order chi connectivity index (χ1) is 17.1. The molecule has 0 radical (unpaired) electrons. The minimum absolute atomic E-state index is 0.0365. The lowest BCUT2D eigenvalue weighted by Gasteiger charge is -2.32. The molecule has 5 rings (SSSR count). The van der Waals surface area contributed by atoms with Gasteiger partial charge < -0.3 is 15.1 Å². The Labute approximate surface area is 202 Å². The van der Waals surface area contributed by atoms with Crippen LogP contribution in [-0.2, 0) is 6.54 Å². The van der Waals surface area contributed by atoms with E-state index in [1.54, 1.807) is 42.8 Å². The Morgan fingerprint density at radius 2 is 1.97 bits per heavy atom. The number of aryl methyl sites for hydroxylation is 1. The van der Waals surface area contributed by atoms with E-state index in [-0.39, 0.29) is 23.6 Å². The number of fused-ring (bicyclic) bond motifs is 1. The second-order valence-electron chi connectivity index (χ2n) is 8.64. The predicted octanol–water partition coefficient (Wildman–Crippen LogP) is 5.39. The highest BCUT2D eigenvalue weighted by Crippen LogP contribution is 2.44. The average molecular weight is 502 g/mol. The molecular weight excluding hydrogens is 480 g/mol. The number of nitrogens with one attached hydrogen (secondary N) is 2. The van der Waals surface area contributed by atoms with Crippen LogP contribution in [0.2, 0.25) is 0 Å². The summed E-state index contributed by atoms with van der Waals surface area (Å²) in [5.74, 6) is -0.689. The Bertz CT molecular complexity index is 1390. The van der Waals surface area contributed by atoms with Gasteiger partial charge in [0.25, 0.3) is 5.91 Å². The molecule has 1 amide bonds. The smallest absolute Gasteiger partial charge is 0.410 e. The predicted molar refractivity (Wildman–Crippen MR) is 122 cm³/mol. The third-order valence-electron chi connectivity index (χ3n) is 6.24. The van der Waals surface area contributed by atoms with E-state index in [0.29, 0.717) is 29.4 Å². The summed E-state index contributed by atoms with van der Waals surface area (Å²) >= 11 is 0. The number of carbonyl (C=O) groups excluding carboxylic acids is 1. The summed E-state index contributed by atoms with van der Waals surface area (Å²) in [6.07, 6.45) is -2.40. The Balaban J connectivity index is 1.42. The molecule has 1 aliphatic heterocycles. The van der Waals surface area contributed by atoms with Gasteiger partial charge in [-0.15, -0.1) is 0 Å². The molecular formula is C24H22F4N6O2. The second kappa shape index (κ2) is 8.85. The van der Waals surface area contributed by atoms with Crippen LogP contribution in [-0.4, -0.2) is 31.6 Å². The van der Waals surface area contributed by atoms with Gasteiger partial charge >= 0.3 is 6.18 Å². The van der Waals surface area contributed by atoms with Crippen LogP contribution < -0.4 is 10.6 Å². The van der Waals surface area contributed by atoms with E-state index in [0.717, 1.165) is 16.4 Å². The zero-order valence-electron chi connectivity index (χ0n) is 19.3. The number of furan rings is 1. The van der Waals surface area contributed by atoms with E-state index in [4.69, 9.17) is 4.42 Å². The van der Waals surface area contributed by atoms with Crippen LogP contribution in [0.25, 0.3) is 0 Å². The van der Waals surface area contributed by atoms with Crippen molar-refractivity contribution in [2.75, 3.05) is 10.6 Å². The summed E-state index contributed by atoms with van der Waals surface area (Å²) in [7, 11) is 0. The monoisotopic (exact) mass is 502 g/mol. The largest absolute Gasteiger partial charge is 0.467 e. The molecule has 3 aromatic heterocycles. The normalized spacial score (nSPS) is 17.5. The number of nitrogens with zero attached hydrogens (tertiary/aromatic N) is 4. The number of amides is 1. The fourth-order valence-corrected chi connectivity index (χ4v) is 4.38. The van der Waals surface area contributed by atoms with Crippen molar-refractivity contribution in [3.05, 3.63) is 83.0 Å². The van der Waals surface area contributed by atoms with Crippen molar-refractivity contribution in [1.82, 2.24) is 19.6 Å². The molecule has 12 heteroatoms. The van der Waals surface area contributed by atoms with Gasteiger partial charge in [-0.25, -0.2) is 9.07 Å². The molecule has 0 saturated carbocycles. The molecule has 1 aromatic carbocycles. The standard InChI is InChI=1S/C24H22F4N6O2/c1-13-21(14(2)33(32-13)12-15-5-7-16(25)8-6-15)31-23(35)17-11-29-34-20(24(26,27)28)10-18(30-22(17)34)19-4-3-9-36-19/h3-9,11,18,20,30H,10,12H2,1-2H3,(H,31,35)/t18-,20-/m0/s1. The molecule has 4 aromatic rings. The zero-order valence-corrected chi connectivity index (χ0v) is 19.3. The fraction of sp³-hybridized carbons (Fsp3) is 0.292. The summed E-state index contributed by atoms with van der Waals surface area (Å²) in [5.41, 5.74) is 2.38. The second-order valence-corrected chi connectivity index (χ2v) is 8.64. The molecule has 4 heterocycles. The Morgan fingerprint density at radius 3 is 2.64 bits per heavy atom. The van der Waals surface area contributed by atoms with Crippen LogP contribution in [0.3, 0.4) is 0 Å². The number of hydrogen-bond donors (Lipinski definition) is 2. The van der Waals surface area contributed by atoms with E-state index in [1.165, 1.54) is 18.4 Å². The first-order valence-electron chi connectivity index (χ1n) is 11.2. The van der Waals surface area contributed by atoms with E-state index >= 15 is 0 Å². The molecule has 0 bridgehead atoms. The van der Waals surface area contributed by atoms with E-state index < -0.39 is 24.2 Å². The highest BCUT2D eigenvalue weighted by Gasteiger charge is 2.47. The minimum atomic E-state index is -4.57. The third-order valence-corrected chi connectivity index (χ3v) is 6.24. The Morgan fingerprint density at radius 1 is 1.22 bits per heavy atom. The lowest BCUT2D eigenvalue weighted by atomic mass is 10.0. The van der Waals surface area contributed by atoms with Crippen molar-refractivity contribution in [3.63, 3.8) is 0 Å². The van der Waals surface area contributed by atoms with Gasteiger partial charge in [0.15, 0.2) is 6.04 Å². The maximum absolute atomic E-state index is 13.9. The summed E-state index contributed by atoms with van der Waals surface area (Å²) in [4.78, 5) is 13.2. The molecule has 0 aliphatic carbocycles. The quantitative estimate of drug-likeness (QED) is 0.357. The van der Waals surface area contributed by atoms with Gasteiger partial charge in [0.1, 0.15) is 23.0 Å². The number of carbonyl (C=O) groups is 1. The number of benzene rings is 1. The van der Waals surface area contributed by atoms with Crippen LogP contribution in [0, 0.1) is 19.7 Å². The van der Waals surface area contributed by atoms with Gasteiger partial charge in [-0.3, -0.25) is 9.48 Å². The van der Waals surface area contributed by atoms with Crippen molar-refractivity contribution in [1.29, 1.82) is 0 Å². The molecule has 0 saturated heterocycles. The number of aromatic nitrogens is 4. The third kappa shape index (κ3) is 4.34. The van der Waals surface area contributed by atoms with Crippen LogP contribution in [0.5, 0.6) is 0 Å². The number of halogens is 4. The summed E-state index contributed by atoms with van der Waals surface area (Å²) in [6.45, 7) is 3.82. The lowest BCUT2D eigenvalue weighted by Crippen LogP contribution is -2.36. The Hall–Kier alpha value is -4.09. The van der Waals surface area contributed by atoms with Crippen LogP contribution in [0.1, 0.15) is 51.6 Å². The topological polar surface area (TPSA) is 89.9 Å². The number of rotatable bonds is 5. The van der Waals surface area contributed by atoms with Crippen molar-refractivity contribution in [2.45, 2.75) is 45.1 Å². The first kappa shape index (κ1) is 23.6. The number of hydrogen-bond acceptors (Lipinski definition) is 5. The highest BCUT2D eigenvalue weighted by atomic mass is 19.4. The van der Waals surface area contributed by atoms with Crippen molar-refractivity contribution in [3.8, 4) is 0 Å². The summed E-state index contributed by atoms with van der Waals surface area (Å²) < 4.78 is 62.5. The summed E-state index contributed by atoms with van der Waals surface area (Å²) in [5, 5.41) is 14.1. The Kier molecular flexibility index (Phi) is 5.81. The van der Waals surface area contributed by atoms with E-state index in [9.17, 15) is 22.4 Å². The molecule has 2 atom stereocenters. The summed E-state index contributed by atoms with van der Waals surface area (Å²) in [6, 6.07) is 6.45. The molecule has 188 valence electrons. The molecule has 0 fully saturated rings. The van der Waals surface area contributed by atoms with Crippen LogP contribution >= 0.6 is 0 Å². The maximum Gasteiger partial charge on any atom is 0.410 e. The van der Waals surface area contributed by atoms with Crippen LogP contribution in [0.4, 0.5) is 29.1 Å². The molecule has 0 spiro atoms. The van der Waals surface area contributed by atoms with Gasteiger partial charge in [0, 0.05) is 6.42 Å². The first-order valence-corrected chi connectivity index (χ1v) is 11.2. The lowest BCUT2D eigenvalue weighted by molar-refractivity contribution is -0.174. The zero-order chi connectivity index (χ0) is 25.6. The average Bonchev–Trinajstić information content (AvgIpc) is 3.56. The van der Waals surface area contributed by atoms with Gasteiger partial charge in [-0.05, 0) is 43.7 Å². The fourth-order valence-electron chi connectivity index (χ4n) is 4.38. The molecule has 1 aliphatic rings. The van der Waals surface area contributed by atoms with Crippen molar-refractivity contribution in [2.24, 2.45) is 0 Å². The van der Waals surface area contributed by atoms with Gasteiger partial charge in [0.05, 0.1) is 42.1 Å². The van der Waals surface area contributed by atoms with Gasteiger partial charge in [-0.2, -0.15) is 23.4 Å². The number of alkyl halides is 3. The molecule has 2 N–H and O–H groups in total. The number of anilines is 2. The SMILES string of the molecule is Cc1nn(Cc2ccc(F)cc2)c(C)c1NC(=O)c1cnn2c1N[C@H](c1ccco1)C[C@H]2C(F)(F)F. The minimum Gasteiger partial charge on any atom is -0.467 e. The van der Waals surface area contributed by atoms with E-state index in [2.05, 4.69) is 20.8 Å². The van der Waals surface area contributed by atoms with Crippen molar-refractivity contribution >= 4 is 17.4 Å². The van der Waals surface area contributed by atoms with Gasteiger partial charge in [-0.1, -0.05) is 12.1 Å². The molecule has 0 unspecified atom stereocenters. The van der Waals surface area contributed by atoms with E-state index in [1.807, 2.05) is 0 Å². The van der Waals surface area contributed by atoms with Crippen molar-refractivity contribution < 1.29 is 26.8 Å². The van der Waals surface area contributed by atoms with Crippen LogP contribution in [0.15, 0.2) is 53.3 Å². The molecule has 36 heavy (non-hydrogen) atoms. The molecule has 8 nitrogen and oxygen atoms in total. The van der Waals surface area contributed by atoms with Gasteiger partial charge in [0.2, 0.25) is 0 Å². The maximum atomic E-state index is 13.9.